The van der Waals surface area contributed by atoms with Crippen LogP contribution in [0.25, 0.3) is 0 Å². The fourth-order valence-corrected chi connectivity index (χ4v) is 7.00. The largest absolute Gasteiger partial charge is 0.966 e. The van der Waals surface area contributed by atoms with Crippen molar-refractivity contribution in [2.45, 2.75) is 55.4 Å². The number of para-hydroxylation sites is 4. The summed E-state index contributed by atoms with van der Waals surface area (Å²) in [5, 5.41) is 0. The number of aryl methyl sites for hydroxylation is 8. The maximum atomic E-state index is 6.88. The molecule has 0 aliphatic rings. The van der Waals surface area contributed by atoms with Gasteiger partial charge in [0.15, 0.2) is 0 Å². The molecule has 37 heavy (non-hydrogen) atoms. The molecule has 4 nitrogen and oxygen atoms in total. The van der Waals surface area contributed by atoms with Gasteiger partial charge in [0.2, 0.25) is 0 Å². The van der Waals surface area contributed by atoms with Crippen molar-refractivity contribution in [2.24, 2.45) is 0 Å². The van der Waals surface area contributed by atoms with Gasteiger partial charge >= 0.3 is 9.05 Å². The van der Waals surface area contributed by atoms with Gasteiger partial charge in [0.25, 0.3) is 0 Å². The Bertz CT molecular complexity index is 1130. The molecule has 0 aliphatic carbocycles. The highest BCUT2D eigenvalue weighted by atomic mass is 28.4. The Balaban J connectivity index is 1.98. The van der Waals surface area contributed by atoms with Crippen molar-refractivity contribution in [3.05, 3.63) is 117 Å². The van der Waals surface area contributed by atoms with E-state index in [-0.39, 0.29) is 0 Å². The molecule has 0 heterocycles. The van der Waals surface area contributed by atoms with E-state index < -0.39 is 9.05 Å². The molecule has 0 aromatic heterocycles. The van der Waals surface area contributed by atoms with Crippen LogP contribution in [0.3, 0.4) is 0 Å². The van der Waals surface area contributed by atoms with Crippen molar-refractivity contribution >= 4 is 9.05 Å². The molecule has 0 aliphatic heterocycles. The highest BCUT2D eigenvalue weighted by Gasteiger charge is 2.60. The first kappa shape index (κ1) is 26.4. The summed E-state index contributed by atoms with van der Waals surface area (Å²) in [7, 11) is -4.01. The molecule has 4 aromatic carbocycles. The minimum absolute atomic E-state index is 0.706. The van der Waals surface area contributed by atoms with Gasteiger partial charge in [0.05, 0.1) is 0 Å². The van der Waals surface area contributed by atoms with Gasteiger partial charge in [-0.3, -0.25) is 0 Å². The zero-order valence-corrected chi connectivity index (χ0v) is 24.1. The zero-order chi connectivity index (χ0) is 26.7. The van der Waals surface area contributed by atoms with E-state index in [2.05, 4.69) is 0 Å². The molecule has 0 unspecified atom stereocenters. The lowest BCUT2D eigenvalue weighted by Crippen LogP contribution is -2.61. The molecule has 192 valence electrons. The van der Waals surface area contributed by atoms with Gasteiger partial charge in [0.1, 0.15) is 23.0 Å². The highest BCUT2D eigenvalue weighted by Crippen LogP contribution is 2.36. The van der Waals surface area contributed by atoms with Gasteiger partial charge in [-0.15, -0.1) is 0 Å². The van der Waals surface area contributed by atoms with Crippen molar-refractivity contribution in [1.29, 1.82) is 0 Å². The lowest BCUT2D eigenvalue weighted by molar-refractivity contribution is 0.157. The number of hydrogen-bond donors (Lipinski definition) is 0. The van der Waals surface area contributed by atoms with Gasteiger partial charge in [-0.1, -0.05) is 72.8 Å². The van der Waals surface area contributed by atoms with Crippen LogP contribution in [0.15, 0.2) is 72.8 Å². The molecule has 5 heteroatoms. The minimum atomic E-state index is -4.01. The first-order valence-electron chi connectivity index (χ1n) is 12.6. The van der Waals surface area contributed by atoms with Gasteiger partial charge in [0, 0.05) is 0 Å². The summed E-state index contributed by atoms with van der Waals surface area (Å²) in [5.41, 5.74) is 7.87. The van der Waals surface area contributed by atoms with Crippen molar-refractivity contribution in [1.82, 2.24) is 0 Å². The Kier molecular flexibility index (Phi) is 7.65. The number of hydrogen-bond acceptors (Lipinski definition) is 4. The van der Waals surface area contributed by atoms with Gasteiger partial charge in [-0.2, -0.15) is 0 Å². The molecule has 4 rings (SSSR count). The molecule has 0 atom stereocenters. The van der Waals surface area contributed by atoms with Crippen LogP contribution < -0.4 is 17.7 Å². The zero-order valence-electron chi connectivity index (χ0n) is 23.1. The molecule has 0 spiro atoms. The Labute approximate surface area is 222 Å². The third kappa shape index (κ3) is 5.67. The lowest BCUT2D eigenvalue weighted by atomic mass is 10.1. The fraction of sp³-hybridized carbons (Fsp3) is 0.250. The number of rotatable bonds is 8. The third-order valence-corrected chi connectivity index (χ3v) is 8.36. The topological polar surface area (TPSA) is 36.9 Å². The summed E-state index contributed by atoms with van der Waals surface area (Å²) in [4.78, 5) is 0. The molecule has 0 fully saturated rings. The van der Waals surface area contributed by atoms with Crippen LogP contribution in [0.4, 0.5) is 0 Å². The van der Waals surface area contributed by atoms with E-state index in [4.69, 9.17) is 17.7 Å². The standard InChI is InChI=1S/C32H36O4Si/c1-21-13-9-14-22(2)29(21)33-37(34-30-23(3)15-10-16-24(30)4,35-31-25(5)17-11-18-26(31)6)36-32-27(7)19-12-20-28(32)8/h9-20H,1-8H3. The Hall–Kier alpha value is -3.70. The molecule has 0 bridgehead atoms. The molecule has 4 aromatic rings. The van der Waals surface area contributed by atoms with Crippen LogP contribution in [-0.2, 0) is 0 Å². The number of benzene rings is 4. The Morgan fingerprint density at radius 1 is 0.324 bits per heavy atom. The predicted molar refractivity (Wildman–Crippen MR) is 152 cm³/mol. The van der Waals surface area contributed by atoms with Gasteiger partial charge in [-0.25, -0.2) is 0 Å². The maximum absolute atomic E-state index is 6.88. The quantitative estimate of drug-likeness (QED) is 0.223. The molecule has 0 saturated carbocycles. The average molecular weight is 513 g/mol. The first-order chi connectivity index (χ1) is 17.6. The van der Waals surface area contributed by atoms with Crippen molar-refractivity contribution in [3.63, 3.8) is 0 Å². The van der Waals surface area contributed by atoms with Gasteiger partial charge in [-0.05, 0) is 99.9 Å². The maximum Gasteiger partial charge on any atom is 0.966 e. The van der Waals surface area contributed by atoms with Crippen LogP contribution in [-0.4, -0.2) is 9.05 Å². The van der Waals surface area contributed by atoms with E-state index in [1.807, 2.05) is 128 Å². The molecular formula is C32H36O4Si. The molecule has 0 amide bonds. The fourth-order valence-electron chi connectivity index (χ4n) is 4.47. The van der Waals surface area contributed by atoms with E-state index in [1.165, 1.54) is 0 Å². The second kappa shape index (κ2) is 10.7. The van der Waals surface area contributed by atoms with Crippen LogP contribution in [0, 0.1) is 55.4 Å². The summed E-state index contributed by atoms with van der Waals surface area (Å²) >= 11 is 0. The second-order valence-corrected chi connectivity index (χ2v) is 11.6. The van der Waals surface area contributed by atoms with Gasteiger partial charge < -0.3 is 17.7 Å². The normalized spacial score (nSPS) is 11.2. The van der Waals surface area contributed by atoms with Crippen LogP contribution in [0.2, 0.25) is 0 Å². The molecular weight excluding hydrogens is 476 g/mol. The summed E-state index contributed by atoms with van der Waals surface area (Å²) < 4.78 is 27.5. The SMILES string of the molecule is Cc1cccc(C)c1O[Si](Oc1c(C)cccc1C)(Oc1c(C)cccc1C)Oc1c(C)cccc1C. The van der Waals surface area contributed by atoms with Crippen LogP contribution >= 0.6 is 0 Å². The average Bonchev–Trinajstić information content (AvgIpc) is 2.84. The van der Waals surface area contributed by atoms with E-state index in [9.17, 15) is 0 Å². The summed E-state index contributed by atoms with van der Waals surface area (Å²) in [6, 6.07) is 24.3. The van der Waals surface area contributed by atoms with Crippen LogP contribution in [0.5, 0.6) is 23.0 Å². The summed E-state index contributed by atoms with van der Waals surface area (Å²) in [6.07, 6.45) is 0. The highest BCUT2D eigenvalue weighted by molar-refractivity contribution is 6.57. The van der Waals surface area contributed by atoms with Crippen molar-refractivity contribution < 1.29 is 17.7 Å². The molecule has 0 radical (unpaired) electrons. The van der Waals surface area contributed by atoms with E-state index in [0.717, 1.165) is 44.5 Å². The predicted octanol–water partition coefficient (Wildman–Crippen LogP) is 8.21. The monoisotopic (exact) mass is 512 g/mol. The van der Waals surface area contributed by atoms with Crippen LogP contribution in [0.1, 0.15) is 44.5 Å². The van der Waals surface area contributed by atoms with E-state index in [1.54, 1.807) is 0 Å². The van der Waals surface area contributed by atoms with E-state index >= 15 is 0 Å². The van der Waals surface area contributed by atoms with Crippen molar-refractivity contribution in [2.75, 3.05) is 0 Å². The minimum Gasteiger partial charge on any atom is -0.452 e. The van der Waals surface area contributed by atoms with E-state index in [0.29, 0.717) is 23.0 Å². The summed E-state index contributed by atoms with van der Waals surface area (Å²) in [6.45, 7) is 16.2. The first-order valence-corrected chi connectivity index (χ1v) is 14.2. The Morgan fingerprint density at radius 2 is 0.486 bits per heavy atom. The molecule has 0 N–H and O–H groups in total. The lowest BCUT2D eigenvalue weighted by Gasteiger charge is -2.32. The Morgan fingerprint density at radius 3 is 0.649 bits per heavy atom. The smallest absolute Gasteiger partial charge is 0.452 e. The second-order valence-electron chi connectivity index (χ2n) is 9.79. The van der Waals surface area contributed by atoms with Crippen molar-refractivity contribution in [3.8, 4) is 23.0 Å². The molecule has 0 saturated heterocycles. The summed E-state index contributed by atoms with van der Waals surface area (Å²) in [5.74, 6) is 2.83. The third-order valence-electron chi connectivity index (χ3n) is 6.54.